The van der Waals surface area contributed by atoms with Crippen molar-refractivity contribution in [3.05, 3.63) is 87.1 Å². The summed E-state index contributed by atoms with van der Waals surface area (Å²) in [6.45, 7) is 4.14. The minimum atomic E-state index is -0.377. The monoisotopic (exact) mass is 462 g/mol. The molecule has 0 unspecified atom stereocenters. The van der Waals surface area contributed by atoms with Crippen molar-refractivity contribution in [2.24, 2.45) is 7.05 Å². The van der Waals surface area contributed by atoms with Crippen LogP contribution in [0.3, 0.4) is 0 Å². The van der Waals surface area contributed by atoms with Crippen LogP contribution in [0.5, 0.6) is 5.75 Å². The summed E-state index contributed by atoms with van der Waals surface area (Å²) in [7, 11) is 3.28. The van der Waals surface area contributed by atoms with E-state index in [2.05, 4.69) is 10.4 Å². The first-order valence-corrected chi connectivity index (χ1v) is 11.0. The van der Waals surface area contributed by atoms with Crippen molar-refractivity contribution >= 4 is 16.9 Å². The van der Waals surface area contributed by atoms with E-state index < -0.39 is 0 Å². The summed E-state index contributed by atoms with van der Waals surface area (Å²) >= 11 is 0. The van der Waals surface area contributed by atoms with E-state index in [-0.39, 0.29) is 23.7 Å². The summed E-state index contributed by atoms with van der Waals surface area (Å²) < 4.78 is 22.1. The maximum Gasteiger partial charge on any atom is 0.255 e. The molecule has 7 nitrogen and oxygen atoms in total. The lowest BCUT2D eigenvalue weighted by Gasteiger charge is -2.13. The number of hydrogen-bond acceptors (Lipinski definition) is 4. The van der Waals surface area contributed by atoms with E-state index in [1.54, 1.807) is 31.0 Å². The van der Waals surface area contributed by atoms with Gasteiger partial charge in [0.05, 0.1) is 18.5 Å². The molecule has 2 aromatic heterocycles. The fourth-order valence-electron chi connectivity index (χ4n) is 4.23. The molecule has 2 heterocycles. The van der Waals surface area contributed by atoms with Gasteiger partial charge in [0.1, 0.15) is 17.2 Å². The molecule has 0 aliphatic rings. The fraction of sp³-hybridized carbons (Fsp3) is 0.269. The first-order chi connectivity index (χ1) is 16.3. The predicted molar refractivity (Wildman–Crippen MR) is 129 cm³/mol. The van der Waals surface area contributed by atoms with Gasteiger partial charge >= 0.3 is 0 Å². The lowest BCUT2D eigenvalue weighted by Crippen LogP contribution is -2.27. The largest absolute Gasteiger partial charge is 0.497 e. The van der Waals surface area contributed by atoms with Gasteiger partial charge in [0.15, 0.2) is 0 Å². The number of aryl methyl sites for hydroxylation is 3. The SMILES string of the molecule is COc1ccc(CNC(=O)CCc2c(C)c3c(C)nn(-c4cccc(F)c4)c3n(C)c2=O)cc1. The van der Waals surface area contributed by atoms with Crippen LogP contribution < -0.4 is 15.6 Å². The highest BCUT2D eigenvalue weighted by atomic mass is 19.1. The zero-order chi connectivity index (χ0) is 24.4. The molecule has 4 rings (SSSR count). The van der Waals surface area contributed by atoms with E-state index in [4.69, 9.17) is 4.74 Å². The fourth-order valence-corrected chi connectivity index (χ4v) is 4.23. The smallest absolute Gasteiger partial charge is 0.255 e. The number of nitrogens with one attached hydrogen (secondary N) is 1. The first-order valence-electron chi connectivity index (χ1n) is 11.0. The zero-order valence-electron chi connectivity index (χ0n) is 19.7. The molecule has 2 aromatic carbocycles. The third-order valence-corrected chi connectivity index (χ3v) is 6.05. The summed E-state index contributed by atoms with van der Waals surface area (Å²) in [5.41, 5.74) is 4.01. The second kappa shape index (κ2) is 9.51. The average molecular weight is 463 g/mol. The molecule has 0 radical (unpaired) electrons. The molecule has 0 bridgehead atoms. The van der Waals surface area contributed by atoms with Gasteiger partial charge in [-0.15, -0.1) is 0 Å². The molecule has 0 fully saturated rings. The molecule has 4 aromatic rings. The van der Waals surface area contributed by atoms with Crippen molar-refractivity contribution in [1.29, 1.82) is 0 Å². The van der Waals surface area contributed by atoms with E-state index >= 15 is 0 Å². The van der Waals surface area contributed by atoms with Gasteiger partial charge in [0.2, 0.25) is 5.91 Å². The van der Waals surface area contributed by atoms with Gasteiger partial charge in [-0.2, -0.15) is 5.10 Å². The standard InChI is InChI=1S/C26H27FN4O3/c1-16-22(12-13-23(32)28-15-18-8-10-21(34-4)11-9-18)26(33)30(3)25-24(16)17(2)29-31(25)20-7-5-6-19(27)14-20/h5-11,14H,12-13,15H2,1-4H3,(H,28,32). The lowest BCUT2D eigenvalue weighted by atomic mass is 10.0. The van der Waals surface area contributed by atoms with Crippen LogP contribution in [-0.4, -0.2) is 27.4 Å². The molecule has 1 N–H and O–H groups in total. The number of nitrogens with zero attached hydrogens (tertiary/aromatic N) is 3. The van der Waals surface area contributed by atoms with Crippen molar-refractivity contribution in [1.82, 2.24) is 19.7 Å². The van der Waals surface area contributed by atoms with Gasteiger partial charge in [-0.05, 0) is 61.7 Å². The summed E-state index contributed by atoms with van der Waals surface area (Å²) in [5, 5.41) is 8.31. The second-order valence-electron chi connectivity index (χ2n) is 8.27. The summed E-state index contributed by atoms with van der Waals surface area (Å²) in [5.74, 6) is 0.246. The van der Waals surface area contributed by atoms with Crippen molar-refractivity contribution < 1.29 is 13.9 Å². The highest BCUT2D eigenvalue weighted by Crippen LogP contribution is 2.26. The molecular formula is C26H27FN4O3. The second-order valence-corrected chi connectivity index (χ2v) is 8.27. The van der Waals surface area contributed by atoms with Crippen LogP contribution >= 0.6 is 0 Å². The number of carbonyl (C=O) groups excluding carboxylic acids is 1. The van der Waals surface area contributed by atoms with Crippen LogP contribution in [0.15, 0.2) is 53.3 Å². The molecule has 0 aliphatic heterocycles. The average Bonchev–Trinajstić information content (AvgIpc) is 3.19. The molecule has 0 atom stereocenters. The van der Waals surface area contributed by atoms with Crippen LogP contribution in [-0.2, 0) is 24.8 Å². The molecule has 34 heavy (non-hydrogen) atoms. The Morgan fingerprint density at radius 1 is 1.15 bits per heavy atom. The number of rotatable bonds is 7. The van der Waals surface area contributed by atoms with E-state index in [1.165, 1.54) is 16.7 Å². The number of halogens is 1. The van der Waals surface area contributed by atoms with Gasteiger partial charge in [0.25, 0.3) is 5.56 Å². The predicted octanol–water partition coefficient (Wildman–Crippen LogP) is 3.74. The topological polar surface area (TPSA) is 78.2 Å². The maximum absolute atomic E-state index is 13.8. The third-order valence-electron chi connectivity index (χ3n) is 6.05. The van der Waals surface area contributed by atoms with Crippen molar-refractivity contribution in [2.75, 3.05) is 7.11 Å². The molecule has 1 amide bonds. The minimum absolute atomic E-state index is 0.135. The third kappa shape index (κ3) is 4.44. The van der Waals surface area contributed by atoms with Crippen LogP contribution in [0.25, 0.3) is 16.7 Å². The van der Waals surface area contributed by atoms with Gasteiger partial charge in [0, 0.05) is 31.0 Å². The molecule has 8 heteroatoms. The van der Waals surface area contributed by atoms with E-state index in [1.807, 2.05) is 38.1 Å². The first kappa shape index (κ1) is 23.2. The Labute approximate surface area is 196 Å². The number of aromatic nitrogens is 3. The normalized spacial score (nSPS) is 11.1. The van der Waals surface area contributed by atoms with Crippen LogP contribution in [0, 0.1) is 19.7 Å². The summed E-state index contributed by atoms with van der Waals surface area (Å²) in [4.78, 5) is 25.7. The highest BCUT2D eigenvalue weighted by molar-refractivity contribution is 5.85. The Kier molecular flexibility index (Phi) is 6.49. The number of benzene rings is 2. The molecular weight excluding hydrogens is 435 g/mol. The lowest BCUT2D eigenvalue weighted by molar-refractivity contribution is -0.121. The van der Waals surface area contributed by atoms with Crippen molar-refractivity contribution in [3.8, 4) is 11.4 Å². The Morgan fingerprint density at radius 3 is 2.56 bits per heavy atom. The molecule has 0 saturated heterocycles. The van der Waals surface area contributed by atoms with Crippen LogP contribution in [0.1, 0.15) is 28.8 Å². The summed E-state index contributed by atoms with van der Waals surface area (Å²) in [6, 6.07) is 13.6. The Balaban J connectivity index is 1.57. The number of carbonyl (C=O) groups is 1. The van der Waals surface area contributed by atoms with Gasteiger partial charge < -0.3 is 10.1 Å². The number of amides is 1. The number of hydrogen-bond donors (Lipinski definition) is 1. The Bertz CT molecular complexity index is 1420. The quantitative estimate of drug-likeness (QED) is 0.454. The van der Waals surface area contributed by atoms with E-state index in [0.29, 0.717) is 29.9 Å². The number of pyridine rings is 1. The Morgan fingerprint density at radius 2 is 1.88 bits per heavy atom. The van der Waals surface area contributed by atoms with E-state index in [9.17, 15) is 14.0 Å². The maximum atomic E-state index is 13.8. The van der Waals surface area contributed by atoms with Crippen molar-refractivity contribution in [2.45, 2.75) is 33.2 Å². The van der Waals surface area contributed by atoms with Crippen molar-refractivity contribution in [3.63, 3.8) is 0 Å². The summed E-state index contributed by atoms with van der Waals surface area (Å²) in [6.07, 6.45) is 0.502. The Hall–Kier alpha value is -3.94. The van der Waals surface area contributed by atoms with Gasteiger partial charge in [-0.1, -0.05) is 18.2 Å². The minimum Gasteiger partial charge on any atom is -0.497 e. The van der Waals surface area contributed by atoms with E-state index in [0.717, 1.165) is 28.0 Å². The zero-order valence-corrected chi connectivity index (χ0v) is 19.7. The highest BCUT2D eigenvalue weighted by Gasteiger charge is 2.20. The molecule has 0 saturated carbocycles. The van der Waals surface area contributed by atoms with Gasteiger partial charge in [-0.25, -0.2) is 9.07 Å². The van der Waals surface area contributed by atoms with Crippen LogP contribution in [0.2, 0.25) is 0 Å². The number of ether oxygens (including phenoxy) is 1. The molecule has 0 aliphatic carbocycles. The molecule has 0 spiro atoms. The van der Waals surface area contributed by atoms with Gasteiger partial charge in [-0.3, -0.25) is 14.2 Å². The number of methoxy groups -OCH3 is 1. The molecule has 176 valence electrons. The number of fused-ring (bicyclic) bond motifs is 1. The van der Waals surface area contributed by atoms with Crippen LogP contribution in [0.4, 0.5) is 4.39 Å².